The lowest BCUT2D eigenvalue weighted by Crippen LogP contribution is -2.08. The molecule has 14 heavy (non-hydrogen) atoms. The first-order valence-electron chi connectivity index (χ1n) is 4.40. The molecule has 0 N–H and O–H groups in total. The Labute approximate surface area is 88.4 Å². The van der Waals surface area contributed by atoms with E-state index in [4.69, 9.17) is 9.47 Å². The number of hydrogen-bond acceptors (Lipinski definition) is 3. The van der Waals surface area contributed by atoms with E-state index in [1.165, 1.54) is 12.1 Å². The molecule has 0 aliphatic carbocycles. The molecule has 0 amide bonds. The zero-order chi connectivity index (χ0) is 10.2. The number of halogens is 1. The molecule has 1 rings (SSSR count). The average molecular weight is 216 g/mol. The van der Waals surface area contributed by atoms with E-state index >= 15 is 0 Å². The van der Waals surface area contributed by atoms with Crippen molar-refractivity contribution < 1.29 is 13.9 Å². The zero-order valence-electron chi connectivity index (χ0n) is 7.78. The minimum Gasteiger partial charge on any atom is -0.491 e. The fourth-order valence-electron chi connectivity index (χ4n) is 0.942. The van der Waals surface area contributed by atoms with E-state index < -0.39 is 0 Å². The minimum atomic E-state index is -0.293. The summed E-state index contributed by atoms with van der Waals surface area (Å²) >= 11 is 3.99. The molecule has 0 bridgehead atoms. The number of thiol groups is 1. The summed E-state index contributed by atoms with van der Waals surface area (Å²) in [4.78, 5) is 0. The van der Waals surface area contributed by atoms with Gasteiger partial charge >= 0.3 is 0 Å². The highest BCUT2D eigenvalue weighted by Gasteiger charge is 1.95. The second-order valence-electron chi connectivity index (χ2n) is 2.64. The molecule has 4 heteroatoms. The van der Waals surface area contributed by atoms with Crippen molar-refractivity contribution in [3.05, 3.63) is 30.1 Å². The topological polar surface area (TPSA) is 18.5 Å². The number of benzene rings is 1. The van der Waals surface area contributed by atoms with Crippen LogP contribution in [0.5, 0.6) is 5.75 Å². The highest BCUT2D eigenvalue weighted by Crippen LogP contribution is 2.11. The van der Waals surface area contributed by atoms with Crippen molar-refractivity contribution in [2.75, 3.05) is 25.6 Å². The molecule has 1 aromatic carbocycles. The molecule has 78 valence electrons. The Hall–Kier alpha value is -0.740. The first-order chi connectivity index (χ1) is 6.83. The van der Waals surface area contributed by atoms with Crippen molar-refractivity contribution in [2.24, 2.45) is 0 Å². The second kappa shape index (κ2) is 6.68. The van der Waals surface area contributed by atoms with Crippen molar-refractivity contribution in [1.29, 1.82) is 0 Å². The number of hydrogen-bond donors (Lipinski definition) is 1. The quantitative estimate of drug-likeness (QED) is 0.580. The smallest absolute Gasteiger partial charge is 0.126 e. The van der Waals surface area contributed by atoms with Gasteiger partial charge in [0.2, 0.25) is 0 Å². The Bertz CT molecular complexity index is 268. The molecule has 0 heterocycles. The number of ether oxygens (including phenoxy) is 2. The highest BCUT2D eigenvalue weighted by atomic mass is 32.1. The van der Waals surface area contributed by atoms with Gasteiger partial charge in [0.15, 0.2) is 0 Å². The molecule has 0 spiro atoms. The average Bonchev–Trinajstić information content (AvgIpc) is 2.18. The monoisotopic (exact) mass is 216 g/mol. The van der Waals surface area contributed by atoms with E-state index in [0.717, 1.165) is 0 Å². The van der Waals surface area contributed by atoms with Crippen molar-refractivity contribution in [2.45, 2.75) is 0 Å². The Morgan fingerprint density at radius 3 is 2.79 bits per heavy atom. The lowest BCUT2D eigenvalue weighted by atomic mass is 10.3. The summed E-state index contributed by atoms with van der Waals surface area (Å²) in [6, 6.07) is 6.05. The SMILES string of the molecule is Fc1cccc(OCCOCCS)c1. The maximum atomic E-state index is 12.7. The molecule has 0 fully saturated rings. The predicted molar refractivity (Wildman–Crippen MR) is 56.6 cm³/mol. The molecular formula is C10H13FO2S. The summed E-state index contributed by atoms with van der Waals surface area (Å²) in [5.74, 6) is 0.929. The van der Waals surface area contributed by atoms with Crippen LogP contribution in [0.25, 0.3) is 0 Å². The zero-order valence-corrected chi connectivity index (χ0v) is 8.67. The fraction of sp³-hybridized carbons (Fsp3) is 0.400. The van der Waals surface area contributed by atoms with E-state index in [0.29, 0.717) is 31.3 Å². The summed E-state index contributed by atoms with van der Waals surface area (Å²) < 4.78 is 23.1. The van der Waals surface area contributed by atoms with Gasteiger partial charge in [-0.25, -0.2) is 4.39 Å². The maximum Gasteiger partial charge on any atom is 0.126 e. The predicted octanol–water partition coefficient (Wildman–Crippen LogP) is 2.15. The lowest BCUT2D eigenvalue weighted by molar-refractivity contribution is 0.112. The molecule has 1 aromatic rings. The molecule has 0 radical (unpaired) electrons. The van der Waals surface area contributed by atoms with E-state index in [2.05, 4.69) is 12.6 Å². The largest absolute Gasteiger partial charge is 0.491 e. The van der Waals surface area contributed by atoms with Crippen LogP contribution in [0.15, 0.2) is 24.3 Å². The van der Waals surface area contributed by atoms with Crippen LogP contribution in [0.1, 0.15) is 0 Å². The number of rotatable bonds is 6. The molecule has 0 saturated carbocycles. The minimum absolute atomic E-state index is 0.293. The molecule has 0 unspecified atom stereocenters. The van der Waals surface area contributed by atoms with Gasteiger partial charge in [-0.1, -0.05) is 6.07 Å². The second-order valence-corrected chi connectivity index (χ2v) is 3.09. The van der Waals surface area contributed by atoms with Gasteiger partial charge in [-0.3, -0.25) is 0 Å². The summed E-state index contributed by atoms with van der Waals surface area (Å²) in [7, 11) is 0. The molecular weight excluding hydrogens is 203 g/mol. The van der Waals surface area contributed by atoms with E-state index in [1.54, 1.807) is 12.1 Å². The van der Waals surface area contributed by atoms with Crippen LogP contribution in [0.3, 0.4) is 0 Å². The first kappa shape index (κ1) is 11.3. The van der Waals surface area contributed by atoms with Crippen molar-refractivity contribution in [3.8, 4) is 5.75 Å². The van der Waals surface area contributed by atoms with Crippen LogP contribution in [0.2, 0.25) is 0 Å². The molecule has 0 atom stereocenters. The Balaban J connectivity index is 2.18. The van der Waals surface area contributed by atoms with Crippen molar-refractivity contribution in [1.82, 2.24) is 0 Å². The van der Waals surface area contributed by atoms with E-state index in [9.17, 15) is 4.39 Å². The molecule has 0 aliphatic rings. The van der Waals surface area contributed by atoms with Crippen LogP contribution in [0, 0.1) is 5.82 Å². The summed E-state index contributed by atoms with van der Waals surface area (Å²) in [5, 5.41) is 0. The molecule has 0 aliphatic heterocycles. The maximum absolute atomic E-state index is 12.7. The van der Waals surface area contributed by atoms with E-state index in [1.807, 2.05) is 0 Å². The third kappa shape index (κ3) is 4.48. The van der Waals surface area contributed by atoms with Gasteiger partial charge in [-0.05, 0) is 12.1 Å². The van der Waals surface area contributed by atoms with Gasteiger partial charge in [0.25, 0.3) is 0 Å². The fourth-order valence-corrected chi connectivity index (χ4v) is 1.07. The molecule has 0 saturated heterocycles. The van der Waals surface area contributed by atoms with Gasteiger partial charge in [0, 0.05) is 11.8 Å². The van der Waals surface area contributed by atoms with Gasteiger partial charge in [-0.2, -0.15) is 12.6 Å². The van der Waals surface area contributed by atoms with Crippen molar-refractivity contribution in [3.63, 3.8) is 0 Å². The lowest BCUT2D eigenvalue weighted by Gasteiger charge is -2.06. The standard InChI is InChI=1S/C10H13FO2S/c11-9-2-1-3-10(8-9)13-5-4-12-6-7-14/h1-3,8,14H,4-7H2. The normalized spacial score (nSPS) is 10.1. The first-order valence-corrected chi connectivity index (χ1v) is 5.03. The molecule has 0 aromatic heterocycles. The summed E-state index contributed by atoms with van der Waals surface area (Å²) in [5.41, 5.74) is 0. The van der Waals surface area contributed by atoms with Crippen LogP contribution in [-0.4, -0.2) is 25.6 Å². The van der Waals surface area contributed by atoms with Gasteiger partial charge < -0.3 is 9.47 Å². The highest BCUT2D eigenvalue weighted by molar-refractivity contribution is 7.80. The van der Waals surface area contributed by atoms with Crippen LogP contribution < -0.4 is 4.74 Å². The Morgan fingerprint density at radius 2 is 2.07 bits per heavy atom. The third-order valence-corrected chi connectivity index (χ3v) is 1.71. The van der Waals surface area contributed by atoms with Crippen LogP contribution >= 0.6 is 12.6 Å². The van der Waals surface area contributed by atoms with Gasteiger partial charge in [0.1, 0.15) is 18.2 Å². The van der Waals surface area contributed by atoms with Gasteiger partial charge in [-0.15, -0.1) is 0 Å². The van der Waals surface area contributed by atoms with Gasteiger partial charge in [0.05, 0.1) is 13.2 Å². The van der Waals surface area contributed by atoms with E-state index in [-0.39, 0.29) is 5.82 Å². The summed E-state index contributed by atoms with van der Waals surface area (Å²) in [6.07, 6.45) is 0. The third-order valence-electron chi connectivity index (χ3n) is 1.53. The summed E-state index contributed by atoms with van der Waals surface area (Å²) in [6.45, 7) is 1.53. The van der Waals surface area contributed by atoms with Crippen molar-refractivity contribution >= 4 is 12.6 Å². The van der Waals surface area contributed by atoms with Crippen LogP contribution in [-0.2, 0) is 4.74 Å². The van der Waals surface area contributed by atoms with Crippen LogP contribution in [0.4, 0.5) is 4.39 Å². The molecule has 2 nitrogen and oxygen atoms in total. The Morgan fingerprint density at radius 1 is 1.21 bits per heavy atom. The Kier molecular flexibility index (Phi) is 5.40.